The van der Waals surface area contributed by atoms with Gasteiger partial charge in [0.05, 0.1) is 4.90 Å². The van der Waals surface area contributed by atoms with E-state index in [1.54, 1.807) is 16.4 Å². The first kappa shape index (κ1) is 15.6. The molecule has 1 aromatic carbocycles. The maximum atomic E-state index is 12.9. The van der Waals surface area contributed by atoms with Gasteiger partial charge in [0.2, 0.25) is 0 Å². The molecule has 3 rings (SSSR count). The normalized spacial score (nSPS) is 26.9. The number of aryl methyl sites for hydroxylation is 1. The second-order valence-electron chi connectivity index (χ2n) is 7.34. The van der Waals surface area contributed by atoms with Crippen LogP contribution in [0.4, 0.5) is 0 Å². The summed E-state index contributed by atoms with van der Waals surface area (Å²) in [6, 6.07) is 7.13. The van der Waals surface area contributed by atoms with Gasteiger partial charge < -0.3 is 0 Å². The van der Waals surface area contributed by atoms with Crippen molar-refractivity contribution in [2.45, 2.75) is 51.9 Å². The third kappa shape index (κ3) is 2.03. The van der Waals surface area contributed by atoms with Crippen molar-refractivity contribution in [3.8, 4) is 0 Å². The van der Waals surface area contributed by atoms with Crippen molar-refractivity contribution < 1.29 is 8.42 Å². The Balaban J connectivity index is 1.97. The van der Waals surface area contributed by atoms with Crippen LogP contribution in [0.1, 0.15) is 45.6 Å². The molecule has 1 spiro atoms. The van der Waals surface area contributed by atoms with E-state index in [-0.39, 0.29) is 10.8 Å². The van der Waals surface area contributed by atoms with Crippen molar-refractivity contribution in [2.24, 2.45) is 10.8 Å². The third-order valence-electron chi connectivity index (χ3n) is 5.82. The molecule has 1 aromatic rings. The van der Waals surface area contributed by atoms with Crippen LogP contribution in [0, 0.1) is 17.8 Å². The molecular weight excluding hydrogens is 294 g/mol. The summed E-state index contributed by atoms with van der Waals surface area (Å²) >= 11 is 0. The van der Waals surface area contributed by atoms with Gasteiger partial charge in [-0.25, -0.2) is 8.42 Å². The topological polar surface area (TPSA) is 37.4 Å². The van der Waals surface area contributed by atoms with Crippen LogP contribution < -0.4 is 0 Å². The summed E-state index contributed by atoms with van der Waals surface area (Å²) in [5, 5.41) is 0. The van der Waals surface area contributed by atoms with E-state index in [4.69, 9.17) is 0 Å². The predicted molar refractivity (Wildman–Crippen MR) is 88.9 cm³/mol. The van der Waals surface area contributed by atoms with Crippen LogP contribution in [-0.2, 0) is 10.0 Å². The molecule has 1 heterocycles. The highest BCUT2D eigenvalue weighted by atomic mass is 32.2. The van der Waals surface area contributed by atoms with Crippen molar-refractivity contribution in [2.75, 3.05) is 6.54 Å². The maximum absolute atomic E-state index is 12.9. The monoisotopic (exact) mass is 319 g/mol. The molecule has 1 aliphatic carbocycles. The summed E-state index contributed by atoms with van der Waals surface area (Å²) < 4.78 is 27.4. The lowest BCUT2D eigenvalue weighted by atomic mass is 9.48. The van der Waals surface area contributed by atoms with Crippen molar-refractivity contribution >= 4 is 10.0 Å². The number of rotatable bonds is 3. The zero-order valence-electron chi connectivity index (χ0n) is 13.9. The maximum Gasteiger partial charge on any atom is 0.263 e. The molecule has 3 nitrogen and oxygen atoms in total. The number of sulfonamides is 1. The zero-order valence-corrected chi connectivity index (χ0v) is 14.7. The number of hydrogen-bond donors (Lipinski definition) is 0. The summed E-state index contributed by atoms with van der Waals surface area (Å²) in [6.45, 7) is 9.22. The molecule has 0 amide bonds. The molecule has 0 aromatic heterocycles. The molecule has 0 radical (unpaired) electrons. The van der Waals surface area contributed by atoms with Gasteiger partial charge in [0.1, 0.15) is 0 Å². The van der Waals surface area contributed by atoms with Gasteiger partial charge >= 0.3 is 0 Å². The predicted octanol–water partition coefficient (Wildman–Crippen LogP) is 4.10. The first-order valence-corrected chi connectivity index (χ1v) is 9.47. The summed E-state index contributed by atoms with van der Waals surface area (Å²) in [7, 11) is -3.44. The van der Waals surface area contributed by atoms with Crippen LogP contribution in [0.15, 0.2) is 40.9 Å². The van der Waals surface area contributed by atoms with Gasteiger partial charge in [0.15, 0.2) is 0 Å². The van der Waals surface area contributed by atoms with E-state index in [0.717, 1.165) is 18.4 Å². The lowest BCUT2D eigenvalue weighted by Crippen LogP contribution is -2.51. The Labute approximate surface area is 134 Å². The van der Waals surface area contributed by atoms with E-state index in [2.05, 4.69) is 20.8 Å². The van der Waals surface area contributed by atoms with Gasteiger partial charge in [-0.2, -0.15) is 0 Å². The highest BCUT2D eigenvalue weighted by Gasteiger charge is 2.58. The molecule has 1 atom stereocenters. The van der Waals surface area contributed by atoms with Crippen molar-refractivity contribution in [1.29, 1.82) is 0 Å². The minimum absolute atomic E-state index is 0.0412. The number of hydrogen-bond acceptors (Lipinski definition) is 2. The van der Waals surface area contributed by atoms with Crippen LogP contribution in [-0.4, -0.2) is 19.3 Å². The first-order valence-electron chi connectivity index (χ1n) is 8.03. The quantitative estimate of drug-likeness (QED) is 0.841. The van der Waals surface area contributed by atoms with E-state index in [1.165, 1.54) is 12.0 Å². The van der Waals surface area contributed by atoms with Crippen molar-refractivity contribution in [1.82, 2.24) is 4.31 Å². The fraction of sp³-hybridized carbons (Fsp3) is 0.556. The van der Waals surface area contributed by atoms with Gasteiger partial charge in [0, 0.05) is 18.2 Å². The highest BCUT2D eigenvalue weighted by Crippen LogP contribution is 2.63. The average molecular weight is 319 g/mol. The van der Waals surface area contributed by atoms with E-state index in [1.807, 2.05) is 25.3 Å². The van der Waals surface area contributed by atoms with Crippen molar-refractivity contribution in [3.05, 3.63) is 41.6 Å². The molecular formula is C18H25NO2S. The van der Waals surface area contributed by atoms with E-state index in [9.17, 15) is 8.42 Å². The molecule has 22 heavy (non-hydrogen) atoms. The molecule has 2 aliphatic rings. The second-order valence-corrected chi connectivity index (χ2v) is 9.23. The molecule has 4 heteroatoms. The Morgan fingerprint density at radius 2 is 1.77 bits per heavy atom. The molecule has 1 fully saturated rings. The van der Waals surface area contributed by atoms with Crippen LogP contribution in [0.5, 0.6) is 0 Å². The lowest BCUT2D eigenvalue weighted by Gasteiger charge is -2.56. The number of nitrogens with zero attached hydrogens (tertiary/aromatic N) is 1. The summed E-state index contributed by atoms with van der Waals surface area (Å²) in [6.07, 6.45) is 5.09. The minimum Gasteiger partial charge on any atom is -0.272 e. The molecule has 0 bridgehead atoms. The molecule has 0 saturated heterocycles. The third-order valence-corrected chi connectivity index (χ3v) is 7.54. The van der Waals surface area contributed by atoms with Gasteiger partial charge in [-0.1, -0.05) is 38.5 Å². The largest absolute Gasteiger partial charge is 0.272 e. The molecule has 1 aliphatic heterocycles. The molecule has 1 saturated carbocycles. The Bertz CT molecular complexity index is 716. The van der Waals surface area contributed by atoms with Gasteiger partial charge in [-0.3, -0.25) is 4.31 Å². The van der Waals surface area contributed by atoms with Crippen LogP contribution in [0.3, 0.4) is 0 Å². The standard InChI is InChI=1S/C18H25NO2S/c1-5-15-12-19(13-18(15)11-10-17(18,3)4)22(20,21)16-8-6-14(2)7-9-16/h6-9,12H,5,10-11,13H2,1-4H3. The first-order chi connectivity index (χ1) is 10.2. The van der Waals surface area contributed by atoms with Gasteiger partial charge in [-0.15, -0.1) is 0 Å². The van der Waals surface area contributed by atoms with Crippen LogP contribution >= 0.6 is 0 Å². The fourth-order valence-corrected chi connectivity index (χ4v) is 5.36. The second kappa shape index (κ2) is 4.85. The van der Waals surface area contributed by atoms with E-state index >= 15 is 0 Å². The lowest BCUT2D eigenvalue weighted by molar-refractivity contribution is -0.0146. The number of benzene rings is 1. The summed E-state index contributed by atoms with van der Waals surface area (Å²) in [5.41, 5.74) is 2.59. The Hall–Kier alpha value is -1.29. The molecule has 1 unspecified atom stereocenters. The minimum atomic E-state index is -3.44. The Morgan fingerprint density at radius 1 is 1.14 bits per heavy atom. The van der Waals surface area contributed by atoms with Crippen LogP contribution in [0.25, 0.3) is 0 Å². The van der Waals surface area contributed by atoms with Crippen LogP contribution in [0.2, 0.25) is 0 Å². The summed E-state index contributed by atoms with van der Waals surface area (Å²) in [5.74, 6) is 0. The summed E-state index contributed by atoms with van der Waals surface area (Å²) in [4.78, 5) is 0.388. The average Bonchev–Trinajstić information content (AvgIpc) is 2.89. The molecule has 120 valence electrons. The van der Waals surface area contributed by atoms with Gasteiger partial charge in [0.25, 0.3) is 10.0 Å². The van der Waals surface area contributed by atoms with Gasteiger partial charge in [-0.05, 0) is 49.3 Å². The SMILES string of the molecule is CCC1=CN(S(=O)(=O)c2ccc(C)cc2)CC12CCC2(C)C. The fourth-order valence-electron chi connectivity index (χ4n) is 3.96. The smallest absolute Gasteiger partial charge is 0.263 e. The van der Waals surface area contributed by atoms with Crippen molar-refractivity contribution in [3.63, 3.8) is 0 Å². The highest BCUT2D eigenvalue weighted by molar-refractivity contribution is 7.89. The Kier molecular flexibility index (Phi) is 3.44. The molecule has 0 N–H and O–H groups in total. The zero-order chi connectivity index (χ0) is 16.2. The van der Waals surface area contributed by atoms with E-state index in [0.29, 0.717) is 11.4 Å². The van der Waals surface area contributed by atoms with E-state index < -0.39 is 10.0 Å². The Morgan fingerprint density at radius 3 is 2.18 bits per heavy atom.